The summed E-state index contributed by atoms with van der Waals surface area (Å²) in [5.74, 6) is 0.878. The number of aryl methyl sites for hydroxylation is 1. The second-order valence-corrected chi connectivity index (χ2v) is 4.83. The standard InChI is InChI=1S/C12H21N3/c1-15-7-6-12(14-15)9-11(13)8-10-4-2-3-5-10/h6-7,10-11H,2-5,8-9,13H2,1H3. The molecule has 2 N–H and O–H groups in total. The summed E-state index contributed by atoms with van der Waals surface area (Å²) in [4.78, 5) is 0. The van der Waals surface area contributed by atoms with Gasteiger partial charge in [-0.05, 0) is 18.4 Å². The number of nitrogens with zero attached hydrogens (tertiary/aromatic N) is 2. The Morgan fingerprint density at radius 3 is 2.87 bits per heavy atom. The van der Waals surface area contributed by atoms with Crippen molar-refractivity contribution >= 4 is 0 Å². The van der Waals surface area contributed by atoms with E-state index in [4.69, 9.17) is 5.73 Å². The van der Waals surface area contributed by atoms with Crippen molar-refractivity contribution in [3.63, 3.8) is 0 Å². The Labute approximate surface area is 91.7 Å². The van der Waals surface area contributed by atoms with Crippen LogP contribution in [0.5, 0.6) is 0 Å². The summed E-state index contributed by atoms with van der Waals surface area (Å²) < 4.78 is 1.84. The first-order valence-electron chi connectivity index (χ1n) is 5.98. The topological polar surface area (TPSA) is 43.8 Å². The minimum atomic E-state index is 0.294. The molecule has 3 nitrogen and oxygen atoms in total. The highest BCUT2D eigenvalue weighted by molar-refractivity contribution is 5.01. The lowest BCUT2D eigenvalue weighted by Crippen LogP contribution is -2.25. The van der Waals surface area contributed by atoms with E-state index in [-0.39, 0.29) is 0 Å². The van der Waals surface area contributed by atoms with Gasteiger partial charge in [-0.25, -0.2) is 0 Å². The van der Waals surface area contributed by atoms with E-state index in [2.05, 4.69) is 11.2 Å². The van der Waals surface area contributed by atoms with Gasteiger partial charge >= 0.3 is 0 Å². The molecule has 0 aliphatic heterocycles. The van der Waals surface area contributed by atoms with Crippen LogP contribution in [0, 0.1) is 5.92 Å². The summed E-state index contributed by atoms with van der Waals surface area (Å²) in [6.45, 7) is 0. The van der Waals surface area contributed by atoms with E-state index in [9.17, 15) is 0 Å². The quantitative estimate of drug-likeness (QED) is 0.819. The Bertz CT molecular complexity index is 300. The van der Waals surface area contributed by atoms with Crippen molar-refractivity contribution in [1.29, 1.82) is 0 Å². The second-order valence-electron chi connectivity index (χ2n) is 4.83. The van der Waals surface area contributed by atoms with Gasteiger partial charge in [-0.3, -0.25) is 4.68 Å². The fourth-order valence-corrected chi connectivity index (χ4v) is 2.60. The molecule has 84 valence electrons. The predicted molar refractivity (Wildman–Crippen MR) is 61.5 cm³/mol. The van der Waals surface area contributed by atoms with E-state index in [1.54, 1.807) is 0 Å². The molecule has 1 fully saturated rings. The van der Waals surface area contributed by atoms with Crippen molar-refractivity contribution in [2.45, 2.75) is 44.6 Å². The summed E-state index contributed by atoms with van der Waals surface area (Å²) >= 11 is 0. The number of nitrogens with two attached hydrogens (primary N) is 1. The van der Waals surface area contributed by atoms with Crippen molar-refractivity contribution in [3.05, 3.63) is 18.0 Å². The van der Waals surface area contributed by atoms with Crippen LogP contribution in [-0.2, 0) is 13.5 Å². The maximum absolute atomic E-state index is 6.15. The molecule has 3 heteroatoms. The van der Waals surface area contributed by atoms with E-state index in [1.165, 1.54) is 32.1 Å². The van der Waals surface area contributed by atoms with Gasteiger partial charge in [-0.15, -0.1) is 0 Å². The van der Waals surface area contributed by atoms with Crippen LogP contribution in [0.25, 0.3) is 0 Å². The molecule has 0 spiro atoms. The van der Waals surface area contributed by atoms with Crippen LogP contribution in [0.1, 0.15) is 37.8 Å². The largest absolute Gasteiger partial charge is 0.327 e. The third kappa shape index (κ3) is 3.06. The number of hydrogen-bond acceptors (Lipinski definition) is 2. The summed E-state index contributed by atoms with van der Waals surface area (Å²) in [5, 5.41) is 4.36. The van der Waals surface area contributed by atoms with E-state index in [0.29, 0.717) is 6.04 Å². The number of rotatable bonds is 4. The van der Waals surface area contributed by atoms with Gasteiger partial charge in [0.2, 0.25) is 0 Å². The van der Waals surface area contributed by atoms with Crippen molar-refractivity contribution in [1.82, 2.24) is 9.78 Å². The van der Waals surface area contributed by atoms with E-state index < -0.39 is 0 Å². The van der Waals surface area contributed by atoms with Gasteiger partial charge in [-0.1, -0.05) is 25.7 Å². The normalized spacial score (nSPS) is 19.6. The van der Waals surface area contributed by atoms with Crippen LogP contribution in [0.4, 0.5) is 0 Å². The van der Waals surface area contributed by atoms with Gasteiger partial charge in [-0.2, -0.15) is 5.10 Å². The molecule has 0 aromatic carbocycles. The first-order chi connectivity index (χ1) is 7.24. The third-order valence-corrected chi connectivity index (χ3v) is 3.35. The molecule has 1 heterocycles. The molecule has 15 heavy (non-hydrogen) atoms. The summed E-state index contributed by atoms with van der Waals surface area (Å²) in [7, 11) is 1.95. The molecule has 2 rings (SSSR count). The molecule has 1 aromatic rings. The van der Waals surface area contributed by atoms with E-state index in [0.717, 1.165) is 18.0 Å². The van der Waals surface area contributed by atoms with Gasteiger partial charge in [0, 0.05) is 25.7 Å². The molecule has 0 radical (unpaired) electrons. The fraction of sp³-hybridized carbons (Fsp3) is 0.750. The Kier molecular flexibility index (Phi) is 3.41. The summed E-state index contributed by atoms with van der Waals surface area (Å²) in [6, 6.07) is 2.36. The first kappa shape index (κ1) is 10.7. The molecule has 1 aliphatic rings. The van der Waals surface area contributed by atoms with E-state index in [1.807, 2.05) is 17.9 Å². The molecule has 1 saturated carbocycles. The van der Waals surface area contributed by atoms with Gasteiger partial charge in [0.15, 0.2) is 0 Å². The van der Waals surface area contributed by atoms with Crippen LogP contribution in [0.15, 0.2) is 12.3 Å². The lowest BCUT2D eigenvalue weighted by atomic mass is 9.96. The van der Waals surface area contributed by atoms with Gasteiger partial charge in [0.1, 0.15) is 0 Å². The predicted octanol–water partition coefficient (Wildman–Crippen LogP) is 1.87. The molecular formula is C12H21N3. The van der Waals surface area contributed by atoms with Gasteiger partial charge in [0.05, 0.1) is 5.69 Å². The van der Waals surface area contributed by atoms with Crippen LogP contribution in [-0.4, -0.2) is 15.8 Å². The average Bonchev–Trinajstić information content (AvgIpc) is 2.77. The lowest BCUT2D eigenvalue weighted by molar-refractivity contribution is 0.438. The smallest absolute Gasteiger partial charge is 0.0639 e. The lowest BCUT2D eigenvalue weighted by Gasteiger charge is -2.14. The Morgan fingerprint density at radius 1 is 1.53 bits per heavy atom. The number of aromatic nitrogens is 2. The molecule has 0 saturated heterocycles. The zero-order chi connectivity index (χ0) is 10.7. The summed E-state index contributed by atoms with van der Waals surface area (Å²) in [6.07, 6.45) is 9.67. The highest BCUT2D eigenvalue weighted by Gasteiger charge is 2.18. The average molecular weight is 207 g/mol. The molecular weight excluding hydrogens is 186 g/mol. The fourth-order valence-electron chi connectivity index (χ4n) is 2.60. The van der Waals surface area contributed by atoms with E-state index >= 15 is 0 Å². The van der Waals surface area contributed by atoms with Crippen molar-refractivity contribution in [2.75, 3.05) is 0 Å². The summed E-state index contributed by atoms with van der Waals surface area (Å²) in [5.41, 5.74) is 7.27. The molecule has 1 unspecified atom stereocenters. The van der Waals surface area contributed by atoms with Gasteiger partial charge in [0.25, 0.3) is 0 Å². The SMILES string of the molecule is Cn1ccc(CC(N)CC2CCCC2)n1. The first-order valence-corrected chi connectivity index (χ1v) is 5.98. The van der Waals surface area contributed by atoms with Gasteiger partial charge < -0.3 is 5.73 Å². The second kappa shape index (κ2) is 4.79. The Hall–Kier alpha value is -0.830. The minimum absolute atomic E-state index is 0.294. The molecule has 1 aliphatic carbocycles. The van der Waals surface area contributed by atoms with Crippen molar-refractivity contribution < 1.29 is 0 Å². The van der Waals surface area contributed by atoms with Crippen LogP contribution >= 0.6 is 0 Å². The molecule has 1 aromatic heterocycles. The third-order valence-electron chi connectivity index (χ3n) is 3.35. The van der Waals surface area contributed by atoms with Crippen molar-refractivity contribution in [3.8, 4) is 0 Å². The van der Waals surface area contributed by atoms with Crippen LogP contribution in [0.2, 0.25) is 0 Å². The van der Waals surface area contributed by atoms with Crippen LogP contribution in [0.3, 0.4) is 0 Å². The van der Waals surface area contributed by atoms with Crippen LogP contribution < -0.4 is 5.73 Å². The zero-order valence-corrected chi connectivity index (χ0v) is 9.52. The maximum atomic E-state index is 6.15. The molecule has 0 bridgehead atoms. The highest BCUT2D eigenvalue weighted by Crippen LogP contribution is 2.28. The maximum Gasteiger partial charge on any atom is 0.0639 e. The molecule has 0 amide bonds. The Balaban J connectivity index is 1.78. The molecule has 1 atom stereocenters. The monoisotopic (exact) mass is 207 g/mol. The highest BCUT2D eigenvalue weighted by atomic mass is 15.2. The Morgan fingerprint density at radius 2 is 2.27 bits per heavy atom. The van der Waals surface area contributed by atoms with Crippen molar-refractivity contribution in [2.24, 2.45) is 18.7 Å². The number of hydrogen-bond donors (Lipinski definition) is 1. The minimum Gasteiger partial charge on any atom is -0.327 e. The zero-order valence-electron chi connectivity index (χ0n) is 9.52.